The quantitative estimate of drug-likeness (QED) is 0.824. The molecule has 1 aromatic carbocycles. The van der Waals surface area contributed by atoms with Gasteiger partial charge < -0.3 is 9.88 Å². The molecule has 0 fully saturated rings. The molecule has 0 spiro atoms. The largest absolute Gasteiger partial charge is 0.313 e. The van der Waals surface area contributed by atoms with E-state index in [1.165, 1.54) is 5.56 Å². The highest BCUT2D eigenvalue weighted by Crippen LogP contribution is 2.14. The maximum absolute atomic E-state index is 4.02. The molecular formula is C12H15N3. The molecule has 3 nitrogen and oxygen atoms in total. The van der Waals surface area contributed by atoms with Gasteiger partial charge in [-0.25, -0.2) is 4.98 Å². The van der Waals surface area contributed by atoms with E-state index in [2.05, 4.69) is 41.5 Å². The molecule has 0 radical (unpaired) electrons. The van der Waals surface area contributed by atoms with E-state index in [0.29, 0.717) is 6.04 Å². The smallest absolute Gasteiger partial charge is 0.0991 e. The van der Waals surface area contributed by atoms with Gasteiger partial charge in [-0.05, 0) is 31.7 Å². The first-order valence-corrected chi connectivity index (χ1v) is 5.07. The molecule has 1 N–H and O–H groups in total. The van der Waals surface area contributed by atoms with Crippen LogP contribution < -0.4 is 5.32 Å². The highest BCUT2D eigenvalue weighted by atomic mass is 15.0. The summed E-state index contributed by atoms with van der Waals surface area (Å²) in [5, 5.41) is 3.22. The maximum atomic E-state index is 4.02. The minimum atomic E-state index is 0.391. The second kappa shape index (κ2) is 4.28. The third-order valence-electron chi connectivity index (χ3n) is 2.63. The van der Waals surface area contributed by atoms with Crippen LogP contribution in [-0.2, 0) is 0 Å². The summed E-state index contributed by atoms with van der Waals surface area (Å²) in [4.78, 5) is 4.02. The van der Waals surface area contributed by atoms with Gasteiger partial charge in [0, 0.05) is 24.1 Å². The van der Waals surface area contributed by atoms with Crippen LogP contribution in [0.2, 0.25) is 0 Å². The predicted octanol–water partition coefficient (Wildman–Crippen LogP) is 2.15. The van der Waals surface area contributed by atoms with Gasteiger partial charge in [-0.3, -0.25) is 0 Å². The van der Waals surface area contributed by atoms with Crippen molar-refractivity contribution in [1.29, 1.82) is 0 Å². The number of hydrogen-bond donors (Lipinski definition) is 1. The highest BCUT2D eigenvalue weighted by molar-refractivity contribution is 5.35. The van der Waals surface area contributed by atoms with Crippen molar-refractivity contribution in [3.05, 3.63) is 48.5 Å². The summed E-state index contributed by atoms with van der Waals surface area (Å²) in [6.45, 7) is 2.15. The summed E-state index contributed by atoms with van der Waals surface area (Å²) in [6.07, 6.45) is 5.52. The van der Waals surface area contributed by atoms with Gasteiger partial charge in [0.05, 0.1) is 6.33 Å². The SMILES string of the molecule is CNC(C)c1ccc(-n2ccnc2)cc1. The number of nitrogens with zero attached hydrogens (tertiary/aromatic N) is 2. The summed E-state index contributed by atoms with van der Waals surface area (Å²) >= 11 is 0. The number of rotatable bonds is 3. The van der Waals surface area contributed by atoms with Crippen molar-refractivity contribution in [3.8, 4) is 5.69 Å². The third kappa shape index (κ3) is 2.07. The Morgan fingerprint density at radius 2 is 2.00 bits per heavy atom. The van der Waals surface area contributed by atoms with Gasteiger partial charge in [0.1, 0.15) is 0 Å². The highest BCUT2D eigenvalue weighted by Gasteiger charge is 2.01. The van der Waals surface area contributed by atoms with Crippen molar-refractivity contribution in [3.63, 3.8) is 0 Å². The molecule has 2 aromatic rings. The molecule has 0 saturated heterocycles. The van der Waals surface area contributed by atoms with Crippen LogP contribution in [0, 0.1) is 0 Å². The average molecular weight is 201 g/mol. The van der Waals surface area contributed by atoms with Crippen LogP contribution in [0.1, 0.15) is 18.5 Å². The lowest BCUT2D eigenvalue weighted by molar-refractivity contribution is 0.652. The van der Waals surface area contributed by atoms with Crippen LogP contribution >= 0.6 is 0 Å². The molecule has 15 heavy (non-hydrogen) atoms. The van der Waals surface area contributed by atoms with E-state index < -0.39 is 0 Å². The Bertz CT molecular complexity index is 403. The van der Waals surface area contributed by atoms with Gasteiger partial charge in [-0.15, -0.1) is 0 Å². The maximum Gasteiger partial charge on any atom is 0.0991 e. The molecule has 0 aliphatic carbocycles. The first-order chi connectivity index (χ1) is 7.31. The van der Waals surface area contributed by atoms with Crippen LogP contribution in [0.25, 0.3) is 5.69 Å². The van der Waals surface area contributed by atoms with Gasteiger partial charge >= 0.3 is 0 Å². The number of imidazole rings is 1. The van der Waals surface area contributed by atoms with Crippen molar-refractivity contribution < 1.29 is 0 Å². The van der Waals surface area contributed by atoms with E-state index in [4.69, 9.17) is 0 Å². The normalized spacial score (nSPS) is 12.7. The predicted molar refractivity (Wildman–Crippen MR) is 61.0 cm³/mol. The molecule has 0 bridgehead atoms. The van der Waals surface area contributed by atoms with E-state index in [9.17, 15) is 0 Å². The van der Waals surface area contributed by atoms with Gasteiger partial charge in [-0.1, -0.05) is 12.1 Å². The fraction of sp³-hybridized carbons (Fsp3) is 0.250. The molecule has 2 rings (SSSR count). The number of aromatic nitrogens is 2. The lowest BCUT2D eigenvalue weighted by Gasteiger charge is -2.11. The first-order valence-electron chi connectivity index (χ1n) is 5.07. The van der Waals surface area contributed by atoms with Crippen molar-refractivity contribution in [1.82, 2.24) is 14.9 Å². The van der Waals surface area contributed by atoms with Crippen molar-refractivity contribution in [2.45, 2.75) is 13.0 Å². The number of benzene rings is 1. The number of nitrogens with one attached hydrogen (secondary N) is 1. The molecule has 3 heteroatoms. The molecular weight excluding hydrogens is 186 g/mol. The Balaban J connectivity index is 2.25. The zero-order valence-electron chi connectivity index (χ0n) is 9.01. The molecule has 0 aliphatic rings. The number of hydrogen-bond acceptors (Lipinski definition) is 2. The Labute approximate surface area is 89.8 Å². The molecule has 1 heterocycles. The van der Waals surface area contributed by atoms with Crippen LogP contribution in [0.3, 0.4) is 0 Å². The van der Waals surface area contributed by atoms with Crippen LogP contribution in [0.4, 0.5) is 0 Å². The molecule has 1 aromatic heterocycles. The van der Waals surface area contributed by atoms with E-state index in [0.717, 1.165) is 5.69 Å². The fourth-order valence-electron chi connectivity index (χ4n) is 1.51. The monoisotopic (exact) mass is 201 g/mol. The lowest BCUT2D eigenvalue weighted by atomic mass is 10.1. The summed E-state index contributed by atoms with van der Waals surface area (Å²) in [7, 11) is 1.97. The first kappa shape index (κ1) is 9.93. The zero-order valence-corrected chi connectivity index (χ0v) is 9.01. The standard InChI is InChI=1S/C12H15N3/c1-10(13-2)11-3-5-12(6-4-11)15-8-7-14-9-15/h3-10,13H,1-2H3. The fourth-order valence-corrected chi connectivity index (χ4v) is 1.51. The van der Waals surface area contributed by atoms with Gasteiger partial charge in [0.15, 0.2) is 0 Å². The van der Waals surface area contributed by atoms with Gasteiger partial charge in [0.25, 0.3) is 0 Å². The Morgan fingerprint density at radius 3 is 2.53 bits per heavy atom. The van der Waals surface area contributed by atoms with E-state index >= 15 is 0 Å². The van der Waals surface area contributed by atoms with Crippen molar-refractivity contribution >= 4 is 0 Å². The van der Waals surface area contributed by atoms with E-state index in [1.807, 2.05) is 17.8 Å². The molecule has 1 unspecified atom stereocenters. The zero-order chi connectivity index (χ0) is 10.7. The summed E-state index contributed by atoms with van der Waals surface area (Å²) in [6, 6.07) is 8.87. The van der Waals surface area contributed by atoms with Gasteiger partial charge in [0.2, 0.25) is 0 Å². The Hall–Kier alpha value is -1.61. The van der Waals surface area contributed by atoms with Crippen LogP contribution in [0.15, 0.2) is 43.0 Å². The molecule has 1 atom stereocenters. The lowest BCUT2D eigenvalue weighted by Crippen LogP contribution is -2.12. The minimum Gasteiger partial charge on any atom is -0.313 e. The third-order valence-corrected chi connectivity index (χ3v) is 2.63. The topological polar surface area (TPSA) is 29.9 Å². The summed E-state index contributed by atoms with van der Waals surface area (Å²) in [5.74, 6) is 0. The molecule has 0 aliphatic heterocycles. The van der Waals surface area contributed by atoms with E-state index in [-0.39, 0.29) is 0 Å². The van der Waals surface area contributed by atoms with Crippen molar-refractivity contribution in [2.24, 2.45) is 0 Å². The van der Waals surface area contributed by atoms with Crippen LogP contribution in [0.5, 0.6) is 0 Å². The Morgan fingerprint density at radius 1 is 1.27 bits per heavy atom. The summed E-state index contributed by atoms with van der Waals surface area (Å²) in [5.41, 5.74) is 2.43. The minimum absolute atomic E-state index is 0.391. The molecule has 0 amide bonds. The second-order valence-corrected chi connectivity index (χ2v) is 3.57. The average Bonchev–Trinajstić information content (AvgIpc) is 2.82. The van der Waals surface area contributed by atoms with Crippen LogP contribution in [-0.4, -0.2) is 16.6 Å². The Kier molecular flexibility index (Phi) is 2.83. The van der Waals surface area contributed by atoms with Crippen molar-refractivity contribution in [2.75, 3.05) is 7.05 Å². The van der Waals surface area contributed by atoms with E-state index in [1.54, 1.807) is 12.5 Å². The second-order valence-electron chi connectivity index (χ2n) is 3.57. The summed E-state index contributed by atoms with van der Waals surface area (Å²) < 4.78 is 1.99. The molecule has 0 saturated carbocycles. The van der Waals surface area contributed by atoms with Gasteiger partial charge in [-0.2, -0.15) is 0 Å². The molecule has 78 valence electrons.